The van der Waals surface area contributed by atoms with Gasteiger partial charge in [0, 0.05) is 56.2 Å². The predicted octanol–water partition coefficient (Wildman–Crippen LogP) is 6.48. The molecule has 1 unspecified atom stereocenters. The van der Waals surface area contributed by atoms with Crippen molar-refractivity contribution in [3.63, 3.8) is 0 Å². The quantitative estimate of drug-likeness (QED) is 0.115. The number of benzene rings is 2. The average molecular weight is 876 g/mol. The smallest absolute Gasteiger partial charge is 0.419 e. The van der Waals surface area contributed by atoms with Crippen molar-refractivity contribution in [1.29, 1.82) is 5.26 Å². The van der Waals surface area contributed by atoms with Gasteiger partial charge in [0.15, 0.2) is 16.6 Å². The first-order chi connectivity index (χ1) is 29.4. The third-order valence-corrected chi connectivity index (χ3v) is 12.9. The molecule has 3 aromatic rings. The van der Waals surface area contributed by atoms with Gasteiger partial charge in [-0.1, -0.05) is 26.0 Å². The Morgan fingerprint density at radius 2 is 1.79 bits per heavy atom. The van der Waals surface area contributed by atoms with Crippen LogP contribution in [-0.4, -0.2) is 93.8 Å². The molecule has 62 heavy (non-hydrogen) atoms. The van der Waals surface area contributed by atoms with Crippen molar-refractivity contribution < 1.29 is 41.5 Å². The first-order valence-corrected chi connectivity index (χ1v) is 21.3. The van der Waals surface area contributed by atoms with E-state index in [0.29, 0.717) is 63.4 Å². The van der Waals surface area contributed by atoms with E-state index in [1.165, 1.54) is 12.1 Å². The Balaban J connectivity index is 0.964. The molecule has 4 fully saturated rings. The molecule has 12 nitrogen and oxygen atoms in total. The van der Waals surface area contributed by atoms with Crippen molar-refractivity contribution in [1.82, 2.24) is 20.1 Å². The Morgan fingerprint density at radius 3 is 2.42 bits per heavy atom. The van der Waals surface area contributed by atoms with Gasteiger partial charge in [-0.05, 0) is 111 Å². The molecule has 1 spiro atoms. The highest BCUT2D eigenvalue weighted by molar-refractivity contribution is 7.81. The number of rotatable bonds is 13. The van der Waals surface area contributed by atoms with E-state index in [2.05, 4.69) is 33.9 Å². The second-order valence-electron chi connectivity index (χ2n) is 17.2. The highest BCUT2D eigenvalue weighted by Crippen LogP contribution is 2.49. The van der Waals surface area contributed by atoms with Gasteiger partial charge in [0.1, 0.15) is 29.8 Å². The van der Waals surface area contributed by atoms with E-state index < -0.39 is 34.7 Å². The number of halogens is 4. The molecule has 3 atom stereocenters. The summed E-state index contributed by atoms with van der Waals surface area (Å²) in [5, 5.41) is 11.6. The van der Waals surface area contributed by atoms with E-state index in [9.17, 15) is 42.0 Å². The number of alkyl halides is 3. The van der Waals surface area contributed by atoms with E-state index in [1.807, 2.05) is 32.0 Å². The summed E-state index contributed by atoms with van der Waals surface area (Å²) in [6, 6.07) is 12.4. The molecule has 4 aliphatic rings. The number of nitriles is 1. The highest BCUT2D eigenvalue weighted by Gasteiger charge is 2.60. The van der Waals surface area contributed by atoms with Crippen LogP contribution in [0.1, 0.15) is 93.7 Å². The van der Waals surface area contributed by atoms with Gasteiger partial charge in [0.2, 0.25) is 11.8 Å². The van der Waals surface area contributed by atoms with Crippen LogP contribution >= 0.6 is 12.2 Å². The van der Waals surface area contributed by atoms with Crippen LogP contribution in [0, 0.1) is 23.1 Å². The molecule has 0 bridgehead atoms. The zero-order valence-corrected chi connectivity index (χ0v) is 35.9. The Labute approximate surface area is 363 Å². The molecule has 7 rings (SSSR count). The second kappa shape index (κ2) is 17.8. The van der Waals surface area contributed by atoms with Crippen LogP contribution in [0.5, 0.6) is 5.75 Å². The molecule has 328 valence electrons. The number of piperidine rings is 1. The molecule has 3 amide bonds. The van der Waals surface area contributed by atoms with Gasteiger partial charge in [0.25, 0.3) is 5.91 Å². The fourth-order valence-electron chi connectivity index (χ4n) is 9.17. The predicted molar refractivity (Wildman–Crippen MR) is 226 cm³/mol. The maximum atomic E-state index is 14.9. The molecule has 2 aromatic carbocycles. The maximum Gasteiger partial charge on any atom is 0.419 e. The molecule has 1 aromatic heterocycles. The van der Waals surface area contributed by atoms with Crippen LogP contribution in [0.25, 0.3) is 0 Å². The van der Waals surface area contributed by atoms with Gasteiger partial charge in [0.05, 0.1) is 24.0 Å². The van der Waals surface area contributed by atoms with Crippen LogP contribution in [0.15, 0.2) is 48.7 Å². The van der Waals surface area contributed by atoms with Gasteiger partial charge in [-0.15, -0.1) is 0 Å². The zero-order chi connectivity index (χ0) is 44.7. The largest absolute Gasteiger partial charge is 0.492 e. The number of Topliss-reactive ketones (excluding diaryl/α,β-unsaturated/α-hetero) is 1. The third kappa shape index (κ3) is 8.95. The number of carbonyl (C=O) groups excluding carboxylic acids is 4. The van der Waals surface area contributed by atoms with Gasteiger partial charge in [-0.25, -0.2) is 9.37 Å². The lowest BCUT2D eigenvalue weighted by atomic mass is 9.75. The molecule has 0 radical (unpaired) electrons. The van der Waals surface area contributed by atoms with E-state index in [0.717, 1.165) is 34.7 Å². The summed E-state index contributed by atoms with van der Waals surface area (Å²) in [5.41, 5.74) is -0.716. The first-order valence-electron chi connectivity index (χ1n) is 20.9. The minimum atomic E-state index is -4.86. The van der Waals surface area contributed by atoms with Crippen molar-refractivity contribution in [2.75, 3.05) is 42.6 Å². The molecule has 1 saturated carbocycles. The molecular formula is C45H49F4N7O5S. The van der Waals surface area contributed by atoms with Crippen LogP contribution < -0.4 is 19.9 Å². The van der Waals surface area contributed by atoms with Crippen molar-refractivity contribution >= 4 is 52.2 Å². The van der Waals surface area contributed by atoms with Crippen LogP contribution in [0.4, 0.5) is 28.9 Å². The summed E-state index contributed by atoms with van der Waals surface area (Å²) in [6.45, 7) is 10.7. The number of hydrogen-bond acceptors (Lipinski definition) is 10. The van der Waals surface area contributed by atoms with Crippen molar-refractivity contribution in [3.05, 3.63) is 82.4 Å². The molecular weight excluding hydrogens is 827 g/mol. The van der Waals surface area contributed by atoms with E-state index in [1.54, 1.807) is 17.0 Å². The summed E-state index contributed by atoms with van der Waals surface area (Å²) < 4.78 is 62.8. The normalized spacial score (nSPS) is 22.0. The molecule has 3 saturated heterocycles. The number of aromatic nitrogens is 1. The summed E-state index contributed by atoms with van der Waals surface area (Å²) in [4.78, 5) is 62.1. The lowest BCUT2D eigenvalue weighted by Crippen LogP contribution is -2.58. The van der Waals surface area contributed by atoms with Crippen molar-refractivity contribution in [2.45, 2.75) is 102 Å². The van der Waals surface area contributed by atoms with Crippen LogP contribution in [0.3, 0.4) is 0 Å². The first kappa shape index (κ1) is 44.7. The monoisotopic (exact) mass is 875 g/mol. The fraction of sp³-hybridized carbons (Fsp3) is 0.489. The molecule has 17 heteroatoms. The summed E-state index contributed by atoms with van der Waals surface area (Å²) in [7, 11) is 0. The number of anilines is 2. The number of ketones is 1. The molecule has 1 aliphatic carbocycles. The minimum absolute atomic E-state index is 0.00440. The third-order valence-electron chi connectivity index (χ3n) is 12.5. The van der Waals surface area contributed by atoms with Gasteiger partial charge in [-0.2, -0.15) is 18.4 Å². The molecule has 1 N–H and O–H groups in total. The number of carbonyl (C=O) groups is 4. The topological polar surface area (TPSA) is 139 Å². The van der Waals surface area contributed by atoms with E-state index in [-0.39, 0.29) is 77.3 Å². The Hall–Kier alpha value is -5.31. The number of ether oxygens (including phenoxy) is 1. The molecule has 4 heterocycles. The maximum absolute atomic E-state index is 14.9. The lowest BCUT2D eigenvalue weighted by Gasteiger charge is -2.44. The van der Waals surface area contributed by atoms with Crippen molar-refractivity contribution in [2.24, 2.45) is 5.92 Å². The SMILES string of the molecule is CC(C)c1cc(N2C(=S)N(c3cnc(C#N)c(C(F)(F)F)c3)C(=O)C23CCC3)ccc1OCCN1C[C@@H](C)N(CC(=O)Cc2cc(CC3CCC(=O)NC3=O)ccc2F)[C@@H](C)C1. The second-order valence-corrected chi connectivity index (χ2v) is 17.6. The average Bonchev–Trinajstić information content (AvgIpc) is 3.44. The van der Waals surface area contributed by atoms with Gasteiger partial charge in [-0.3, -0.25) is 39.2 Å². The van der Waals surface area contributed by atoms with E-state index in [4.69, 9.17) is 17.0 Å². The fourth-order valence-corrected chi connectivity index (χ4v) is 9.64. The van der Waals surface area contributed by atoms with Crippen LogP contribution in [-0.2, 0) is 38.2 Å². The number of pyridine rings is 1. The van der Waals surface area contributed by atoms with Gasteiger partial charge >= 0.3 is 6.18 Å². The Morgan fingerprint density at radius 1 is 1.06 bits per heavy atom. The summed E-state index contributed by atoms with van der Waals surface area (Å²) in [6.07, 6.45) is -1.14. The number of piperazine rings is 1. The Kier molecular flexibility index (Phi) is 12.9. The minimum Gasteiger partial charge on any atom is -0.492 e. The molecule has 3 aliphatic heterocycles. The number of nitrogens with one attached hydrogen (secondary N) is 1. The standard InChI is InChI=1S/C45H49F4N7O5S/c1-26(2)35-19-32(56-43(62)55(42(60)44(56)12-5-13-44)33-20-36(45(47,48)49)38(21-50)51-22-33)8-10-39(35)61-15-14-53-23-27(3)54(28(4)24-53)25-34(57)18-31-17-29(6-9-37(31)46)16-30-7-11-40(58)52-41(30)59/h6,8-10,17,19-20,22,26-28,30H,5,7,11-16,18,23-25H2,1-4H3,(H,52,58,59)/t27-,28+,30?. The highest BCUT2D eigenvalue weighted by atomic mass is 32.1. The number of nitrogens with zero attached hydrogens (tertiary/aromatic N) is 6. The number of amides is 3. The van der Waals surface area contributed by atoms with Crippen molar-refractivity contribution in [3.8, 4) is 11.8 Å². The summed E-state index contributed by atoms with van der Waals surface area (Å²) in [5.74, 6) is -1.36. The van der Waals surface area contributed by atoms with Crippen LogP contribution in [0.2, 0.25) is 0 Å². The van der Waals surface area contributed by atoms with Gasteiger partial charge < -0.3 is 9.64 Å². The van der Waals surface area contributed by atoms with E-state index >= 15 is 0 Å². The zero-order valence-electron chi connectivity index (χ0n) is 35.1. The number of thiocarbonyl (C=S) groups is 1. The lowest BCUT2D eigenvalue weighted by molar-refractivity contribution is -0.138. The number of imide groups is 1. The number of hydrogen-bond donors (Lipinski definition) is 1. The Bertz CT molecular complexity index is 2320. The summed E-state index contributed by atoms with van der Waals surface area (Å²) >= 11 is 5.82.